The maximum atomic E-state index is 15.6. The van der Waals surface area contributed by atoms with Crippen LogP contribution in [0.3, 0.4) is 0 Å². The number of nitrogens with two attached hydrogens (primary N) is 1. The van der Waals surface area contributed by atoms with Gasteiger partial charge in [-0.1, -0.05) is 13.8 Å². The molecule has 2 aromatic heterocycles. The summed E-state index contributed by atoms with van der Waals surface area (Å²) in [5.41, 5.74) is 3.96. The highest BCUT2D eigenvalue weighted by Crippen LogP contribution is 2.37. The lowest BCUT2D eigenvalue weighted by Crippen LogP contribution is -2.38. The maximum absolute atomic E-state index is 15.6. The molecule has 4 atom stereocenters. The minimum atomic E-state index is -4.93. The lowest BCUT2D eigenvalue weighted by atomic mass is 10.1. The van der Waals surface area contributed by atoms with Crippen molar-refractivity contribution in [2.75, 3.05) is 12.3 Å². The molecule has 11 nitrogen and oxygen atoms in total. The van der Waals surface area contributed by atoms with E-state index in [1.807, 2.05) is 0 Å². The molecule has 35 heavy (non-hydrogen) atoms. The number of fused-ring (bicyclic) bond motifs is 1. The van der Waals surface area contributed by atoms with E-state index in [-0.39, 0.29) is 5.52 Å². The molecule has 0 radical (unpaired) electrons. The summed E-state index contributed by atoms with van der Waals surface area (Å²) >= 11 is 0. The number of imidazole rings is 1. The van der Waals surface area contributed by atoms with Crippen molar-refractivity contribution in [2.24, 2.45) is 5.92 Å². The Hall–Kier alpha value is -3.23. The van der Waals surface area contributed by atoms with Crippen LogP contribution in [0.1, 0.15) is 46.7 Å². The van der Waals surface area contributed by atoms with E-state index in [9.17, 15) is 22.8 Å². The number of halogens is 4. The van der Waals surface area contributed by atoms with E-state index in [0.717, 1.165) is 10.9 Å². The van der Waals surface area contributed by atoms with Gasteiger partial charge in [0.1, 0.15) is 23.8 Å². The monoisotopic (exact) mass is 507 g/mol. The molecule has 194 valence electrons. The van der Waals surface area contributed by atoms with Crippen molar-refractivity contribution in [1.29, 1.82) is 0 Å². The Labute approximate surface area is 196 Å². The Kier molecular flexibility index (Phi) is 7.11. The van der Waals surface area contributed by atoms with E-state index >= 15 is 4.39 Å². The molecule has 0 aliphatic carbocycles. The van der Waals surface area contributed by atoms with Crippen molar-refractivity contribution in [3.05, 3.63) is 12.2 Å². The van der Waals surface area contributed by atoms with Crippen LogP contribution < -0.4 is 5.73 Å². The average molecular weight is 507 g/mol. The molecule has 2 N–H and O–H groups in total. The Morgan fingerprint density at radius 1 is 1.23 bits per heavy atom. The lowest BCUT2D eigenvalue weighted by molar-refractivity contribution is -0.154. The zero-order chi connectivity index (χ0) is 26.3. The van der Waals surface area contributed by atoms with Crippen molar-refractivity contribution in [1.82, 2.24) is 19.5 Å². The zero-order valence-electron chi connectivity index (χ0n) is 19.5. The van der Waals surface area contributed by atoms with Gasteiger partial charge in [0, 0.05) is 0 Å². The second-order valence-electron chi connectivity index (χ2n) is 9.10. The predicted molar refractivity (Wildman–Crippen MR) is 110 cm³/mol. The molecule has 3 rings (SSSR count). The molecule has 2 aromatic rings. The van der Waals surface area contributed by atoms with Crippen molar-refractivity contribution in [3.63, 3.8) is 0 Å². The van der Waals surface area contributed by atoms with Crippen molar-refractivity contribution >= 4 is 29.1 Å². The van der Waals surface area contributed by atoms with E-state index in [1.165, 1.54) is 0 Å². The lowest BCUT2D eigenvalue weighted by Gasteiger charge is -2.23. The summed E-state index contributed by atoms with van der Waals surface area (Å²) in [6.07, 6.45) is -11.9. The second-order valence-corrected chi connectivity index (χ2v) is 9.10. The summed E-state index contributed by atoms with van der Waals surface area (Å²) in [6.45, 7) is 7.35. The molecule has 0 aromatic carbocycles. The number of rotatable bonds is 5. The second kappa shape index (κ2) is 9.43. The number of hydrogen-bond acceptors (Lipinski definition) is 10. The molecule has 0 bridgehead atoms. The SMILES string of the molecule is CC(C)C(=O)OCC1OC(n2cnc3c(N)nc(C(F)(F)F)nc32)C(F)C1OC(=O)OC(C)(C)C. The van der Waals surface area contributed by atoms with E-state index in [0.29, 0.717) is 0 Å². The third kappa shape index (κ3) is 5.89. The number of aromatic nitrogens is 4. The Morgan fingerprint density at radius 3 is 2.46 bits per heavy atom. The number of hydrogen-bond donors (Lipinski definition) is 1. The first-order valence-electron chi connectivity index (χ1n) is 10.5. The standard InChI is InChI=1S/C20H25F4N5O6/c1-8(2)16(30)32-6-9-12(34-18(31)35-19(3,4)5)10(21)15(33-9)29-7-26-11-13(25)27-17(20(22,23)24)28-14(11)29/h7-10,12,15H,6H2,1-5H3,(H2,25,27,28). The van der Waals surface area contributed by atoms with Crippen LogP contribution in [-0.2, 0) is 29.9 Å². The van der Waals surface area contributed by atoms with Crippen molar-refractivity contribution in [2.45, 2.75) is 71.0 Å². The average Bonchev–Trinajstić information content (AvgIpc) is 3.26. The number of carbonyl (C=O) groups is 2. The van der Waals surface area contributed by atoms with Gasteiger partial charge in [-0.25, -0.2) is 24.1 Å². The molecule has 0 amide bonds. The summed E-state index contributed by atoms with van der Waals surface area (Å²) in [7, 11) is 0. The minimum absolute atomic E-state index is 0.215. The van der Waals surface area contributed by atoms with Gasteiger partial charge in [-0.3, -0.25) is 9.36 Å². The smallest absolute Gasteiger partial charge is 0.463 e. The largest absolute Gasteiger partial charge is 0.509 e. The molecule has 1 aliphatic heterocycles. The topological polar surface area (TPSA) is 141 Å². The Morgan fingerprint density at radius 2 is 1.89 bits per heavy atom. The van der Waals surface area contributed by atoms with Crippen LogP contribution in [0.5, 0.6) is 0 Å². The highest BCUT2D eigenvalue weighted by molar-refractivity contribution is 5.81. The molecule has 4 unspecified atom stereocenters. The number of esters is 1. The molecular formula is C20H25F4N5O6. The molecule has 15 heteroatoms. The third-order valence-corrected chi connectivity index (χ3v) is 4.73. The van der Waals surface area contributed by atoms with E-state index in [1.54, 1.807) is 34.6 Å². The maximum Gasteiger partial charge on any atom is 0.509 e. The van der Waals surface area contributed by atoms with Crippen molar-refractivity contribution in [3.8, 4) is 0 Å². The molecule has 0 spiro atoms. The van der Waals surface area contributed by atoms with Crippen LogP contribution in [0.4, 0.5) is 28.2 Å². The third-order valence-electron chi connectivity index (χ3n) is 4.73. The number of carbonyl (C=O) groups excluding carboxylic acids is 2. The predicted octanol–water partition coefficient (Wildman–Crippen LogP) is 3.18. The number of nitrogen functional groups attached to an aromatic ring is 1. The fourth-order valence-electron chi connectivity index (χ4n) is 3.16. The number of anilines is 1. The first-order chi connectivity index (χ1) is 16.1. The van der Waals surface area contributed by atoms with Gasteiger partial charge in [0.2, 0.25) is 5.82 Å². The van der Waals surface area contributed by atoms with Gasteiger partial charge in [0.25, 0.3) is 0 Å². The normalized spacial score (nSPS) is 23.0. The zero-order valence-corrected chi connectivity index (χ0v) is 19.5. The van der Waals surface area contributed by atoms with Crippen molar-refractivity contribution < 1.29 is 46.1 Å². The van der Waals surface area contributed by atoms with E-state index in [2.05, 4.69) is 15.0 Å². The molecule has 1 saturated heterocycles. The van der Waals surface area contributed by atoms with Gasteiger partial charge in [-0.05, 0) is 20.8 Å². The van der Waals surface area contributed by atoms with Crippen LogP contribution in [0.25, 0.3) is 11.2 Å². The van der Waals surface area contributed by atoms with Gasteiger partial charge >= 0.3 is 18.3 Å². The van der Waals surface area contributed by atoms with Crippen LogP contribution in [0.2, 0.25) is 0 Å². The fraction of sp³-hybridized carbons (Fsp3) is 0.650. The van der Waals surface area contributed by atoms with E-state index < -0.39 is 78.3 Å². The number of alkyl halides is 4. The van der Waals surface area contributed by atoms with Gasteiger partial charge in [-0.2, -0.15) is 13.2 Å². The van der Waals surface area contributed by atoms with Gasteiger partial charge in [0.15, 0.2) is 30.0 Å². The number of ether oxygens (including phenoxy) is 4. The molecule has 3 heterocycles. The summed E-state index contributed by atoms with van der Waals surface area (Å²) in [6, 6.07) is 0. The van der Waals surface area contributed by atoms with Gasteiger partial charge < -0.3 is 24.7 Å². The van der Waals surface area contributed by atoms with Crippen LogP contribution in [-0.4, -0.2) is 62.2 Å². The summed E-state index contributed by atoms with van der Waals surface area (Å²) in [5, 5.41) is 0. The molecule has 1 aliphatic rings. The quantitative estimate of drug-likeness (QED) is 0.474. The van der Waals surface area contributed by atoms with Gasteiger partial charge in [-0.15, -0.1) is 0 Å². The molecular weight excluding hydrogens is 482 g/mol. The van der Waals surface area contributed by atoms with Crippen LogP contribution in [0.15, 0.2) is 6.33 Å². The van der Waals surface area contributed by atoms with Crippen LogP contribution >= 0.6 is 0 Å². The molecule has 1 fully saturated rings. The van der Waals surface area contributed by atoms with Crippen LogP contribution in [0, 0.1) is 5.92 Å². The Bertz CT molecular complexity index is 1100. The van der Waals surface area contributed by atoms with Gasteiger partial charge in [0.05, 0.1) is 12.2 Å². The Balaban J connectivity index is 1.95. The first-order valence-corrected chi connectivity index (χ1v) is 10.5. The highest BCUT2D eigenvalue weighted by atomic mass is 19.4. The van der Waals surface area contributed by atoms with E-state index in [4.69, 9.17) is 24.7 Å². The minimum Gasteiger partial charge on any atom is -0.463 e. The molecule has 0 saturated carbocycles. The summed E-state index contributed by atoms with van der Waals surface area (Å²) < 4.78 is 76.9. The fourth-order valence-corrected chi connectivity index (χ4v) is 3.16. The summed E-state index contributed by atoms with van der Waals surface area (Å²) in [5.74, 6) is -3.25. The first kappa shape index (κ1) is 26.4. The summed E-state index contributed by atoms with van der Waals surface area (Å²) in [4.78, 5) is 34.6. The highest BCUT2D eigenvalue weighted by Gasteiger charge is 2.50. The number of nitrogens with zero attached hydrogens (tertiary/aromatic N) is 4.